The number of rotatable bonds is 7. The Kier molecular flexibility index (Phi) is 9.45. The van der Waals surface area contributed by atoms with Gasteiger partial charge in [-0.25, -0.2) is 4.79 Å². The molecule has 3 aliphatic heterocycles. The van der Waals surface area contributed by atoms with Gasteiger partial charge in [0.1, 0.15) is 11.9 Å². The standard InChI is InChI=1S/C33H43N3O4.ClH/c1-39-28-13-11-25(12-14-28)21-35-20-17-33(31(35)37)15-18-34(19-16-33)22-27-23-36(32(38)40-29-9-5-6-10-29)24-30(27)26-7-3-2-4-8-26;/h2-4,7-8,11-14,27,29-30H,5-6,9-10,15-24H2,1H3;1H/t27-,30?;/m0./s1. The minimum atomic E-state index is -0.214. The van der Waals surface area contributed by atoms with Crippen molar-refractivity contribution in [3.8, 4) is 5.75 Å². The highest BCUT2D eigenvalue weighted by Gasteiger charge is 2.48. The van der Waals surface area contributed by atoms with Gasteiger partial charge in [0.15, 0.2) is 0 Å². The predicted molar refractivity (Wildman–Crippen MR) is 161 cm³/mol. The lowest BCUT2D eigenvalue weighted by Crippen LogP contribution is -2.46. The van der Waals surface area contributed by atoms with Crippen LogP contribution < -0.4 is 4.74 Å². The summed E-state index contributed by atoms with van der Waals surface area (Å²) in [4.78, 5) is 33.2. The van der Waals surface area contributed by atoms with Crippen molar-refractivity contribution in [2.24, 2.45) is 11.3 Å². The van der Waals surface area contributed by atoms with Gasteiger partial charge >= 0.3 is 6.09 Å². The molecule has 1 saturated carbocycles. The number of methoxy groups -OCH3 is 1. The fourth-order valence-electron chi connectivity index (χ4n) is 7.46. The highest BCUT2D eigenvalue weighted by molar-refractivity contribution is 5.85. The van der Waals surface area contributed by atoms with E-state index in [4.69, 9.17) is 9.47 Å². The number of carbonyl (C=O) groups is 2. The highest BCUT2D eigenvalue weighted by atomic mass is 35.5. The van der Waals surface area contributed by atoms with Gasteiger partial charge in [-0.05, 0) is 87.2 Å². The Morgan fingerprint density at radius 1 is 0.927 bits per heavy atom. The Morgan fingerprint density at radius 2 is 1.61 bits per heavy atom. The van der Waals surface area contributed by atoms with Crippen LogP contribution >= 0.6 is 12.4 Å². The molecule has 6 rings (SSSR count). The monoisotopic (exact) mass is 581 g/mol. The van der Waals surface area contributed by atoms with Crippen LogP contribution in [0.1, 0.15) is 62.0 Å². The van der Waals surface area contributed by atoms with Crippen molar-refractivity contribution in [1.29, 1.82) is 0 Å². The molecule has 1 unspecified atom stereocenters. The Bertz CT molecular complexity index is 1160. The third-order valence-electron chi connectivity index (χ3n) is 9.94. The van der Waals surface area contributed by atoms with Crippen molar-refractivity contribution >= 4 is 24.4 Å². The topological polar surface area (TPSA) is 62.3 Å². The average Bonchev–Trinajstić information content (AvgIpc) is 3.72. The summed E-state index contributed by atoms with van der Waals surface area (Å²) in [6.07, 6.45) is 7.05. The molecule has 2 aromatic rings. The molecule has 4 aliphatic rings. The molecule has 2 amide bonds. The van der Waals surface area contributed by atoms with Gasteiger partial charge in [-0.2, -0.15) is 0 Å². The summed E-state index contributed by atoms with van der Waals surface area (Å²) in [6.45, 7) is 5.79. The third-order valence-corrected chi connectivity index (χ3v) is 9.94. The van der Waals surface area contributed by atoms with Gasteiger partial charge in [0.2, 0.25) is 5.91 Å². The van der Waals surface area contributed by atoms with Gasteiger partial charge in [-0.1, -0.05) is 42.5 Å². The summed E-state index contributed by atoms with van der Waals surface area (Å²) >= 11 is 0. The molecule has 0 aromatic heterocycles. The van der Waals surface area contributed by atoms with Crippen LogP contribution in [-0.4, -0.2) is 79.2 Å². The fraction of sp³-hybridized carbons (Fsp3) is 0.576. The van der Waals surface area contributed by atoms with Gasteiger partial charge in [0, 0.05) is 38.6 Å². The van der Waals surface area contributed by atoms with Gasteiger partial charge in [0.05, 0.1) is 12.5 Å². The molecule has 0 bridgehead atoms. The largest absolute Gasteiger partial charge is 0.497 e. The van der Waals surface area contributed by atoms with Crippen LogP contribution in [0.25, 0.3) is 0 Å². The Labute approximate surface area is 250 Å². The summed E-state index contributed by atoms with van der Waals surface area (Å²) in [5.74, 6) is 1.83. The van der Waals surface area contributed by atoms with E-state index < -0.39 is 0 Å². The average molecular weight is 582 g/mol. The van der Waals surface area contributed by atoms with Gasteiger partial charge in [0.25, 0.3) is 0 Å². The first-order valence-corrected chi connectivity index (χ1v) is 15.2. The van der Waals surface area contributed by atoms with Crippen molar-refractivity contribution in [2.75, 3.05) is 46.4 Å². The lowest BCUT2D eigenvalue weighted by molar-refractivity contribution is -0.139. The lowest BCUT2D eigenvalue weighted by atomic mass is 9.76. The quantitative estimate of drug-likeness (QED) is 0.418. The van der Waals surface area contributed by atoms with E-state index in [2.05, 4.69) is 47.4 Å². The number of nitrogens with zero attached hydrogens (tertiary/aromatic N) is 3. The normalized spacial score (nSPS) is 24.6. The van der Waals surface area contributed by atoms with Crippen LogP contribution in [0.15, 0.2) is 54.6 Å². The molecule has 3 saturated heterocycles. The second kappa shape index (κ2) is 13.0. The van der Waals surface area contributed by atoms with E-state index in [0.717, 1.165) is 95.5 Å². The zero-order valence-corrected chi connectivity index (χ0v) is 25.0. The van der Waals surface area contributed by atoms with Crippen molar-refractivity contribution in [1.82, 2.24) is 14.7 Å². The molecule has 0 radical (unpaired) electrons. The van der Waals surface area contributed by atoms with Gasteiger partial charge < -0.3 is 24.2 Å². The number of carbonyl (C=O) groups excluding carboxylic acids is 2. The first-order valence-electron chi connectivity index (χ1n) is 15.2. The molecule has 222 valence electrons. The van der Waals surface area contributed by atoms with Crippen LogP contribution in [0.5, 0.6) is 5.75 Å². The number of likely N-dealkylation sites (tertiary alicyclic amines) is 3. The molecule has 41 heavy (non-hydrogen) atoms. The van der Waals surface area contributed by atoms with Gasteiger partial charge in [-0.15, -0.1) is 12.4 Å². The van der Waals surface area contributed by atoms with Crippen LogP contribution in [0, 0.1) is 11.3 Å². The highest BCUT2D eigenvalue weighted by Crippen LogP contribution is 2.43. The predicted octanol–water partition coefficient (Wildman–Crippen LogP) is 5.73. The number of amides is 2. The number of ether oxygens (including phenoxy) is 2. The third kappa shape index (κ3) is 6.51. The molecule has 1 aliphatic carbocycles. The maximum Gasteiger partial charge on any atom is 0.410 e. The Morgan fingerprint density at radius 3 is 2.29 bits per heavy atom. The molecular formula is C33H44ClN3O4. The smallest absolute Gasteiger partial charge is 0.410 e. The molecule has 0 N–H and O–H groups in total. The molecule has 2 aromatic carbocycles. The number of halogens is 1. The molecule has 4 fully saturated rings. The molecule has 2 atom stereocenters. The molecular weight excluding hydrogens is 538 g/mol. The van der Waals surface area contributed by atoms with Crippen LogP contribution in [0.3, 0.4) is 0 Å². The van der Waals surface area contributed by atoms with E-state index in [-0.39, 0.29) is 30.0 Å². The summed E-state index contributed by atoms with van der Waals surface area (Å²) in [5.41, 5.74) is 2.24. The van der Waals surface area contributed by atoms with E-state index in [9.17, 15) is 9.59 Å². The second-order valence-electron chi connectivity index (χ2n) is 12.4. The summed E-state index contributed by atoms with van der Waals surface area (Å²) in [6, 6.07) is 18.7. The SMILES string of the molecule is COc1ccc(CN2CCC3(CCN(C[C@H]4CN(C(=O)OC5CCCC5)CC4c4ccccc4)CC3)C2=O)cc1.Cl. The maximum absolute atomic E-state index is 13.6. The molecule has 3 heterocycles. The van der Waals surface area contributed by atoms with Crippen molar-refractivity contribution < 1.29 is 19.1 Å². The Hall–Kier alpha value is -2.77. The first-order chi connectivity index (χ1) is 19.5. The molecule has 8 heteroatoms. The lowest BCUT2D eigenvalue weighted by Gasteiger charge is -2.39. The number of piperidine rings is 1. The zero-order valence-electron chi connectivity index (χ0n) is 24.2. The molecule has 7 nitrogen and oxygen atoms in total. The van der Waals surface area contributed by atoms with Crippen LogP contribution in [0.4, 0.5) is 4.79 Å². The minimum Gasteiger partial charge on any atom is -0.497 e. The van der Waals surface area contributed by atoms with E-state index >= 15 is 0 Å². The van der Waals surface area contributed by atoms with E-state index in [1.807, 2.05) is 21.9 Å². The van der Waals surface area contributed by atoms with Crippen LogP contribution in [-0.2, 0) is 16.1 Å². The first kappa shape index (κ1) is 29.7. The van der Waals surface area contributed by atoms with E-state index in [1.54, 1.807) is 7.11 Å². The molecule has 1 spiro atoms. The minimum absolute atomic E-state index is 0. The second-order valence-corrected chi connectivity index (χ2v) is 12.4. The summed E-state index contributed by atoms with van der Waals surface area (Å²) in [5, 5.41) is 0. The zero-order chi connectivity index (χ0) is 27.5. The van der Waals surface area contributed by atoms with Gasteiger partial charge in [-0.3, -0.25) is 4.79 Å². The fourth-order valence-corrected chi connectivity index (χ4v) is 7.46. The number of benzene rings is 2. The van der Waals surface area contributed by atoms with Crippen molar-refractivity contribution in [3.05, 3.63) is 65.7 Å². The number of hydrogen-bond donors (Lipinski definition) is 0. The number of hydrogen-bond acceptors (Lipinski definition) is 5. The Balaban J connectivity index is 0.00000337. The van der Waals surface area contributed by atoms with Crippen molar-refractivity contribution in [2.45, 2.75) is 63.5 Å². The summed E-state index contributed by atoms with van der Waals surface area (Å²) < 4.78 is 11.2. The van der Waals surface area contributed by atoms with Crippen molar-refractivity contribution in [3.63, 3.8) is 0 Å². The van der Waals surface area contributed by atoms with E-state index in [0.29, 0.717) is 24.3 Å². The maximum atomic E-state index is 13.6. The summed E-state index contributed by atoms with van der Waals surface area (Å²) in [7, 11) is 1.67. The van der Waals surface area contributed by atoms with E-state index in [1.165, 1.54) is 5.56 Å². The van der Waals surface area contributed by atoms with Crippen LogP contribution in [0.2, 0.25) is 0 Å².